The molecule has 0 bridgehead atoms. The van der Waals surface area contributed by atoms with E-state index in [0.29, 0.717) is 0 Å². The summed E-state index contributed by atoms with van der Waals surface area (Å²) in [5.74, 6) is 0. The first-order valence-corrected chi connectivity index (χ1v) is 8.79. The van der Waals surface area contributed by atoms with Crippen LogP contribution in [0.1, 0.15) is 36.9 Å². The van der Waals surface area contributed by atoms with Crippen molar-refractivity contribution in [3.8, 4) is 0 Å². The molecule has 0 aliphatic heterocycles. The van der Waals surface area contributed by atoms with Crippen LogP contribution in [0.2, 0.25) is 0 Å². The Morgan fingerprint density at radius 3 is 2.86 bits per heavy atom. The van der Waals surface area contributed by atoms with E-state index in [1.54, 1.807) is 11.3 Å². The van der Waals surface area contributed by atoms with Gasteiger partial charge < -0.3 is 10.2 Å². The van der Waals surface area contributed by atoms with Gasteiger partial charge in [0, 0.05) is 37.1 Å². The van der Waals surface area contributed by atoms with Crippen molar-refractivity contribution in [1.29, 1.82) is 0 Å². The highest BCUT2D eigenvalue weighted by atomic mass is 32.1. The Morgan fingerprint density at radius 1 is 1.24 bits per heavy atom. The lowest BCUT2D eigenvalue weighted by molar-refractivity contribution is 0.673. The molecule has 2 aliphatic carbocycles. The summed E-state index contributed by atoms with van der Waals surface area (Å²) in [6.07, 6.45) is 7.25. The fraction of sp³-hybridized carbons (Fsp3) is 0.471. The SMILES string of the molecule is c1cc(N(Cc2ccsc2)C2CC2)cc(CNC2CC2)n1. The van der Waals surface area contributed by atoms with Gasteiger partial charge in [-0.15, -0.1) is 0 Å². The molecule has 2 saturated carbocycles. The standard InChI is InChI=1S/C17H21N3S/c1-2-14(1)19-10-15-9-17(5-7-18-15)20(16-3-4-16)11-13-6-8-21-12-13/h5-9,12,14,16,19H,1-4,10-11H2. The fourth-order valence-electron chi connectivity index (χ4n) is 2.67. The number of hydrogen-bond donors (Lipinski definition) is 1. The van der Waals surface area contributed by atoms with Crippen LogP contribution in [0.25, 0.3) is 0 Å². The Morgan fingerprint density at radius 2 is 2.14 bits per heavy atom. The molecule has 0 saturated heterocycles. The van der Waals surface area contributed by atoms with E-state index in [0.717, 1.165) is 30.9 Å². The monoisotopic (exact) mass is 299 g/mol. The molecule has 21 heavy (non-hydrogen) atoms. The number of hydrogen-bond acceptors (Lipinski definition) is 4. The third-order valence-electron chi connectivity index (χ3n) is 4.20. The van der Waals surface area contributed by atoms with Crippen LogP contribution in [0.4, 0.5) is 5.69 Å². The Labute approximate surface area is 130 Å². The number of rotatable bonds is 7. The van der Waals surface area contributed by atoms with Crippen molar-refractivity contribution in [3.63, 3.8) is 0 Å². The van der Waals surface area contributed by atoms with E-state index in [1.165, 1.54) is 36.9 Å². The largest absolute Gasteiger partial charge is 0.364 e. The zero-order valence-corrected chi connectivity index (χ0v) is 13.0. The third-order valence-corrected chi connectivity index (χ3v) is 4.93. The molecule has 0 spiro atoms. The first-order chi connectivity index (χ1) is 10.4. The highest BCUT2D eigenvalue weighted by Gasteiger charge is 2.29. The number of nitrogens with one attached hydrogen (secondary N) is 1. The lowest BCUT2D eigenvalue weighted by Crippen LogP contribution is -2.25. The highest BCUT2D eigenvalue weighted by molar-refractivity contribution is 7.07. The van der Waals surface area contributed by atoms with Crippen molar-refractivity contribution < 1.29 is 0 Å². The second-order valence-corrected chi connectivity index (χ2v) is 6.93. The normalized spacial score (nSPS) is 17.9. The quantitative estimate of drug-likeness (QED) is 0.847. The van der Waals surface area contributed by atoms with Gasteiger partial charge in [0.25, 0.3) is 0 Å². The Kier molecular flexibility index (Phi) is 3.65. The summed E-state index contributed by atoms with van der Waals surface area (Å²) in [7, 11) is 0. The zero-order valence-electron chi connectivity index (χ0n) is 12.2. The molecule has 1 N–H and O–H groups in total. The summed E-state index contributed by atoms with van der Waals surface area (Å²) in [5.41, 5.74) is 3.91. The van der Waals surface area contributed by atoms with Gasteiger partial charge in [-0.25, -0.2) is 0 Å². The van der Waals surface area contributed by atoms with Crippen LogP contribution in [0, 0.1) is 0 Å². The van der Waals surface area contributed by atoms with E-state index >= 15 is 0 Å². The maximum Gasteiger partial charge on any atom is 0.0562 e. The smallest absolute Gasteiger partial charge is 0.0562 e. The van der Waals surface area contributed by atoms with Crippen LogP contribution >= 0.6 is 11.3 Å². The van der Waals surface area contributed by atoms with Crippen molar-refractivity contribution in [2.24, 2.45) is 0 Å². The lowest BCUT2D eigenvalue weighted by atomic mass is 10.2. The van der Waals surface area contributed by atoms with Crippen molar-refractivity contribution >= 4 is 17.0 Å². The minimum Gasteiger partial charge on any atom is -0.364 e. The molecule has 0 amide bonds. The Bertz CT molecular complexity index is 588. The molecule has 2 aromatic rings. The fourth-order valence-corrected chi connectivity index (χ4v) is 3.33. The average Bonchev–Trinajstić information content (AvgIpc) is 3.44. The van der Waals surface area contributed by atoms with Crippen molar-refractivity contribution in [2.45, 2.75) is 50.9 Å². The van der Waals surface area contributed by atoms with Gasteiger partial charge in [0.05, 0.1) is 5.69 Å². The van der Waals surface area contributed by atoms with Crippen molar-refractivity contribution in [1.82, 2.24) is 10.3 Å². The maximum absolute atomic E-state index is 4.51. The third kappa shape index (κ3) is 3.44. The van der Waals surface area contributed by atoms with Crippen LogP contribution < -0.4 is 10.2 Å². The molecule has 2 fully saturated rings. The van der Waals surface area contributed by atoms with E-state index in [2.05, 4.69) is 44.2 Å². The Hall–Kier alpha value is -1.39. The summed E-state index contributed by atoms with van der Waals surface area (Å²) < 4.78 is 0. The maximum atomic E-state index is 4.51. The molecule has 3 nitrogen and oxygen atoms in total. The summed E-state index contributed by atoms with van der Waals surface area (Å²) in [6.45, 7) is 1.92. The van der Waals surface area contributed by atoms with Crippen LogP contribution in [0.15, 0.2) is 35.2 Å². The minimum absolute atomic E-state index is 0.719. The topological polar surface area (TPSA) is 28.2 Å². The van der Waals surface area contributed by atoms with Crippen LogP contribution in [-0.2, 0) is 13.1 Å². The molecule has 2 aromatic heterocycles. The van der Waals surface area contributed by atoms with E-state index in [9.17, 15) is 0 Å². The lowest BCUT2D eigenvalue weighted by Gasteiger charge is -2.24. The average molecular weight is 299 g/mol. The van der Waals surface area contributed by atoms with Gasteiger partial charge in [-0.1, -0.05) is 0 Å². The number of anilines is 1. The van der Waals surface area contributed by atoms with Gasteiger partial charge in [0.2, 0.25) is 0 Å². The van der Waals surface area contributed by atoms with Gasteiger partial charge in [-0.3, -0.25) is 4.98 Å². The van der Waals surface area contributed by atoms with Crippen LogP contribution in [0.3, 0.4) is 0 Å². The first-order valence-electron chi connectivity index (χ1n) is 7.84. The molecule has 0 aromatic carbocycles. The molecule has 0 atom stereocenters. The second kappa shape index (κ2) is 5.78. The summed E-state index contributed by atoms with van der Waals surface area (Å²) in [4.78, 5) is 7.06. The van der Waals surface area contributed by atoms with E-state index in [4.69, 9.17) is 0 Å². The summed E-state index contributed by atoms with van der Waals surface area (Å²) in [6, 6.07) is 8.11. The molecule has 110 valence electrons. The van der Waals surface area contributed by atoms with Gasteiger partial charge in [0.15, 0.2) is 0 Å². The molecule has 0 unspecified atom stereocenters. The predicted octanol–water partition coefficient (Wildman–Crippen LogP) is 3.56. The van der Waals surface area contributed by atoms with Crippen molar-refractivity contribution in [2.75, 3.05) is 4.90 Å². The van der Waals surface area contributed by atoms with E-state index < -0.39 is 0 Å². The van der Waals surface area contributed by atoms with Crippen molar-refractivity contribution in [3.05, 3.63) is 46.4 Å². The highest BCUT2D eigenvalue weighted by Crippen LogP contribution is 2.33. The zero-order chi connectivity index (χ0) is 14.1. The molecule has 0 radical (unpaired) electrons. The summed E-state index contributed by atoms with van der Waals surface area (Å²) in [5, 5.41) is 7.97. The van der Waals surface area contributed by atoms with E-state index in [-0.39, 0.29) is 0 Å². The van der Waals surface area contributed by atoms with Gasteiger partial charge in [-0.2, -0.15) is 11.3 Å². The molecular weight excluding hydrogens is 278 g/mol. The minimum atomic E-state index is 0.719. The first kappa shape index (κ1) is 13.3. The van der Waals surface area contributed by atoms with Crippen LogP contribution in [-0.4, -0.2) is 17.1 Å². The molecular formula is C17H21N3S. The van der Waals surface area contributed by atoms with Gasteiger partial charge in [0.1, 0.15) is 0 Å². The number of aromatic nitrogens is 1. The predicted molar refractivity (Wildman–Crippen MR) is 87.6 cm³/mol. The number of pyridine rings is 1. The number of thiophene rings is 1. The second-order valence-electron chi connectivity index (χ2n) is 6.15. The summed E-state index contributed by atoms with van der Waals surface area (Å²) >= 11 is 1.78. The van der Waals surface area contributed by atoms with E-state index in [1.807, 2.05) is 6.20 Å². The Balaban J connectivity index is 1.49. The molecule has 2 aliphatic rings. The van der Waals surface area contributed by atoms with Gasteiger partial charge in [-0.05, 0) is 60.2 Å². The van der Waals surface area contributed by atoms with Crippen LogP contribution in [0.5, 0.6) is 0 Å². The number of nitrogens with zero attached hydrogens (tertiary/aromatic N) is 2. The molecule has 4 rings (SSSR count). The van der Waals surface area contributed by atoms with Gasteiger partial charge >= 0.3 is 0 Å². The molecule has 4 heteroatoms. The molecule has 2 heterocycles.